The molecule has 8 nitrogen and oxygen atoms in total. The lowest BCUT2D eigenvalue weighted by molar-refractivity contribution is 0.0384. The van der Waals surface area contributed by atoms with E-state index in [0.29, 0.717) is 5.56 Å². The molecule has 37 heavy (non-hydrogen) atoms. The van der Waals surface area contributed by atoms with E-state index in [-0.39, 0.29) is 0 Å². The predicted octanol–water partition coefficient (Wildman–Crippen LogP) is 4.47. The highest BCUT2D eigenvalue weighted by Gasteiger charge is 2.12. The molecule has 3 aromatic heterocycles. The fraction of sp³-hybridized carbons (Fsp3) is 0.276. The third-order valence-electron chi connectivity index (χ3n) is 6.68. The number of pyridine rings is 2. The molecule has 0 bridgehead atoms. The number of hydrogen-bond acceptors (Lipinski definition) is 7. The number of aromatic amines is 1. The van der Waals surface area contributed by atoms with E-state index in [1.165, 1.54) is 0 Å². The number of rotatable bonds is 9. The average Bonchev–Trinajstić information content (AvgIpc) is 3.43. The lowest BCUT2D eigenvalue weighted by atomic mass is 10.1. The summed E-state index contributed by atoms with van der Waals surface area (Å²) in [6.45, 7) is 8.51. The zero-order valence-corrected chi connectivity index (χ0v) is 21.0. The normalized spacial score (nSPS) is 14.3. The molecule has 5 rings (SSSR count). The minimum atomic E-state index is 0.488. The van der Waals surface area contributed by atoms with E-state index in [1.807, 2.05) is 42.7 Å². The van der Waals surface area contributed by atoms with Crippen molar-refractivity contribution in [1.82, 2.24) is 25.2 Å². The van der Waals surface area contributed by atoms with Crippen molar-refractivity contribution in [1.29, 1.82) is 5.26 Å². The first-order valence-corrected chi connectivity index (χ1v) is 12.6. The largest absolute Gasteiger partial charge is 0.379 e. The molecule has 188 valence electrons. The van der Waals surface area contributed by atoms with Gasteiger partial charge in [0.2, 0.25) is 0 Å². The molecule has 0 radical (unpaired) electrons. The molecular weight excluding hydrogens is 462 g/mol. The van der Waals surface area contributed by atoms with Crippen molar-refractivity contribution in [2.75, 3.05) is 44.7 Å². The second kappa shape index (κ2) is 11.8. The van der Waals surface area contributed by atoms with Crippen LogP contribution in [0.1, 0.15) is 27.9 Å². The van der Waals surface area contributed by atoms with Crippen molar-refractivity contribution in [3.63, 3.8) is 0 Å². The van der Waals surface area contributed by atoms with Gasteiger partial charge in [-0.15, -0.1) is 0 Å². The van der Waals surface area contributed by atoms with E-state index < -0.39 is 0 Å². The fourth-order valence-corrected chi connectivity index (χ4v) is 4.49. The molecule has 1 fully saturated rings. The van der Waals surface area contributed by atoms with Gasteiger partial charge in [0.15, 0.2) is 0 Å². The maximum atomic E-state index is 9.72. The van der Waals surface area contributed by atoms with Gasteiger partial charge < -0.3 is 20.4 Å². The van der Waals surface area contributed by atoms with Gasteiger partial charge in [0.05, 0.1) is 30.2 Å². The second-order valence-corrected chi connectivity index (χ2v) is 9.12. The molecule has 1 aromatic carbocycles. The molecule has 1 aliphatic rings. The molecule has 3 N–H and O–H groups in total. The molecule has 0 unspecified atom stereocenters. The minimum Gasteiger partial charge on any atom is -0.379 e. The van der Waals surface area contributed by atoms with Crippen LogP contribution in [0.25, 0.3) is 23.1 Å². The Kier molecular flexibility index (Phi) is 7.87. The van der Waals surface area contributed by atoms with E-state index in [2.05, 4.69) is 55.6 Å². The Morgan fingerprint density at radius 2 is 2.00 bits per heavy atom. The van der Waals surface area contributed by atoms with Gasteiger partial charge in [0.25, 0.3) is 0 Å². The van der Waals surface area contributed by atoms with Crippen molar-refractivity contribution in [2.45, 2.75) is 13.5 Å². The number of nitrogens with one attached hydrogen (secondary N) is 3. The smallest absolute Gasteiger partial charge is 0.103 e. The van der Waals surface area contributed by atoms with Gasteiger partial charge in [-0.05, 0) is 54.5 Å². The number of hydrogen-bond donors (Lipinski definition) is 3. The van der Waals surface area contributed by atoms with Gasteiger partial charge >= 0.3 is 0 Å². The van der Waals surface area contributed by atoms with Gasteiger partial charge in [-0.3, -0.25) is 14.9 Å². The minimum absolute atomic E-state index is 0.488. The van der Waals surface area contributed by atoms with Crippen LogP contribution < -0.4 is 10.6 Å². The van der Waals surface area contributed by atoms with E-state index in [9.17, 15) is 5.26 Å². The van der Waals surface area contributed by atoms with E-state index in [0.717, 1.165) is 90.6 Å². The Hall–Kier alpha value is -4.03. The van der Waals surface area contributed by atoms with Crippen LogP contribution in [0.5, 0.6) is 0 Å². The first kappa shape index (κ1) is 24.7. The molecule has 0 spiro atoms. The van der Waals surface area contributed by atoms with E-state index >= 15 is 0 Å². The van der Waals surface area contributed by atoms with Crippen LogP contribution in [0.3, 0.4) is 0 Å². The number of morpholine rings is 1. The molecular formula is C29H31N7O. The maximum absolute atomic E-state index is 9.72. The van der Waals surface area contributed by atoms with Gasteiger partial charge in [0.1, 0.15) is 6.07 Å². The molecule has 0 aliphatic carbocycles. The molecule has 1 saturated heterocycles. The van der Waals surface area contributed by atoms with Crippen molar-refractivity contribution >= 4 is 34.4 Å². The summed E-state index contributed by atoms with van der Waals surface area (Å²) in [5, 5.41) is 17.8. The molecule has 0 amide bonds. The lowest BCUT2D eigenvalue weighted by Crippen LogP contribution is -2.40. The van der Waals surface area contributed by atoms with Crippen LogP contribution >= 0.6 is 0 Å². The van der Waals surface area contributed by atoms with Crippen molar-refractivity contribution in [2.24, 2.45) is 0 Å². The van der Waals surface area contributed by atoms with Crippen molar-refractivity contribution in [3.05, 3.63) is 83.1 Å². The molecule has 4 heterocycles. The predicted molar refractivity (Wildman–Crippen MR) is 147 cm³/mol. The van der Waals surface area contributed by atoms with Crippen molar-refractivity contribution < 1.29 is 4.74 Å². The van der Waals surface area contributed by atoms with Crippen LogP contribution in [0, 0.1) is 18.3 Å². The zero-order chi connectivity index (χ0) is 25.5. The number of anilines is 2. The Morgan fingerprint density at radius 1 is 1.11 bits per heavy atom. The SMILES string of the molecule is Cc1c(Nc2c(C#N)cncc2/C=C/c2ccc(CNCCN3CCOCC3)cn2)ccc2[nH]ccc12. The quantitative estimate of drug-likeness (QED) is 0.296. The maximum Gasteiger partial charge on any atom is 0.103 e. The molecule has 0 atom stereocenters. The number of nitrogens with zero attached hydrogens (tertiary/aromatic N) is 4. The Labute approximate surface area is 217 Å². The average molecular weight is 494 g/mol. The standard InChI is InChI=1S/C29H31N7O/c1-21-26-8-9-33-28(26)7-6-27(21)35-29-23(19-32-20-24(29)16-30)3-5-25-4-2-22(18-34-25)17-31-10-11-36-12-14-37-15-13-36/h2-9,18-20,31,33H,10-15,17H2,1H3,(H,32,35)/b5-3+. The van der Waals surface area contributed by atoms with Crippen LogP contribution in [0.4, 0.5) is 11.4 Å². The van der Waals surface area contributed by atoms with E-state index in [1.54, 1.807) is 12.4 Å². The topological polar surface area (TPSA) is 102 Å². The first-order valence-electron chi connectivity index (χ1n) is 12.6. The monoisotopic (exact) mass is 493 g/mol. The summed E-state index contributed by atoms with van der Waals surface area (Å²) in [6.07, 6.45) is 11.1. The Morgan fingerprint density at radius 3 is 2.81 bits per heavy atom. The number of aromatic nitrogens is 3. The molecule has 0 saturated carbocycles. The van der Waals surface area contributed by atoms with Crippen LogP contribution in [0.2, 0.25) is 0 Å². The third-order valence-corrected chi connectivity index (χ3v) is 6.68. The highest BCUT2D eigenvalue weighted by atomic mass is 16.5. The number of nitriles is 1. The second-order valence-electron chi connectivity index (χ2n) is 9.12. The number of H-pyrrole nitrogens is 1. The van der Waals surface area contributed by atoms with Crippen molar-refractivity contribution in [3.8, 4) is 6.07 Å². The third kappa shape index (κ3) is 6.04. The number of benzene rings is 1. The molecule has 4 aromatic rings. The fourth-order valence-electron chi connectivity index (χ4n) is 4.49. The van der Waals surface area contributed by atoms with Gasteiger partial charge in [-0.2, -0.15) is 5.26 Å². The van der Waals surface area contributed by atoms with Gasteiger partial charge in [0, 0.05) is 79.7 Å². The van der Waals surface area contributed by atoms with Gasteiger partial charge in [-0.25, -0.2) is 0 Å². The summed E-state index contributed by atoms with van der Waals surface area (Å²) in [7, 11) is 0. The number of ether oxygens (including phenoxy) is 1. The Balaban J connectivity index is 1.25. The number of fused-ring (bicyclic) bond motifs is 1. The highest BCUT2D eigenvalue weighted by molar-refractivity contribution is 5.90. The van der Waals surface area contributed by atoms with Crippen LogP contribution in [0.15, 0.2) is 55.1 Å². The zero-order valence-electron chi connectivity index (χ0n) is 21.0. The van der Waals surface area contributed by atoms with Crippen LogP contribution in [-0.4, -0.2) is 59.2 Å². The summed E-state index contributed by atoms with van der Waals surface area (Å²) in [6, 6.07) is 12.5. The summed E-state index contributed by atoms with van der Waals surface area (Å²) in [5.41, 5.74) is 7.18. The summed E-state index contributed by atoms with van der Waals surface area (Å²) >= 11 is 0. The summed E-state index contributed by atoms with van der Waals surface area (Å²) in [4.78, 5) is 14.5. The summed E-state index contributed by atoms with van der Waals surface area (Å²) < 4.78 is 5.40. The van der Waals surface area contributed by atoms with E-state index in [4.69, 9.17) is 4.74 Å². The van der Waals surface area contributed by atoms with Crippen LogP contribution in [-0.2, 0) is 11.3 Å². The molecule has 1 aliphatic heterocycles. The Bertz CT molecular complexity index is 1410. The first-order chi connectivity index (χ1) is 18.2. The van der Waals surface area contributed by atoms with Gasteiger partial charge in [-0.1, -0.05) is 6.07 Å². The summed E-state index contributed by atoms with van der Waals surface area (Å²) in [5.74, 6) is 0. The lowest BCUT2D eigenvalue weighted by Gasteiger charge is -2.26. The highest BCUT2D eigenvalue weighted by Crippen LogP contribution is 2.31. The number of aryl methyl sites for hydroxylation is 1. The molecule has 8 heteroatoms.